The van der Waals surface area contributed by atoms with E-state index in [1.54, 1.807) is 6.08 Å². The van der Waals surface area contributed by atoms with Crippen LogP contribution in [0.15, 0.2) is 127 Å². The first kappa shape index (κ1) is 30.4. The second kappa shape index (κ2) is 14.3. The number of ether oxygens (including phenoxy) is 1. The lowest BCUT2D eigenvalue weighted by molar-refractivity contribution is -0.00000805. The van der Waals surface area contributed by atoms with E-state index in [-0.39, 0.29) is 17.0 Å². The van der Waals surface area contributed by atoms with Gasteiger partial charge in [0.05, 0.1) is 6.16 Å². The third kappa shape index (κ3) is 6.88. The van der Waals surface area contributed by atoms with Gasteiger partial charge in [-0.05, 0) is 98.5 Å². The molecule has 0 aliphatic rings. The van der Waals surface area contributed by atoms with E-state index in [1.807, 2.05) is 0 Å². The number of halogens is 1. The summed E-state index contributed by atoms with van der Waals surface area (Å²) < 4.78 is 5.88. The number of aryl methyl sites for hydroxylation is 1. The summed E-state index contributed by atoms with van der Waals surface area (Å²) in [5, 5.41) is 4.22. The Hall–Kier alpha value is -3.19. The highest BCUT2D eigenvalue weighted by Gasteiger charge is 2.44. The standard InChI is InChI=1S/C36H38OP.BrH/c1-6-25-37-36-27-29(3)35(30(4)31(36)5)23-22-28(2)24-26-38(32-16-10-7-11-17-32,33-18-12-8-13-19-33)34-20-14-9-15-21-34;/h6-24,27H,1,25-26H2,2-5H3;1H/q+1;/p-1. The lowest BCUT2D eigenvalue weighted by Crippen LogP contribution is -3.00. The van der Waals surface area contributed by atoms with Crippen molar-refractivity contribution in [1.82, 2.24) is 0 Å². The summed E-state index contributed by atoms with van der Waals surface area (Å²) in [6, 6.07) is 35.3. The van der Waals surface area contributed by atoms with Gasteiger partial charge in [0, 0.05) is 0 Å². The number of allylic oxidation sites excluding steroid dienone is 3. The Kier molecular flexibility index (Phi) is 11.1. The van der Waals surface area contributed by atoms with Gasteiger partial charge in [-0.25, -0.2) is 0 Å². The lowest BCUT2D eigenvalue weighted by Gasteiger charge is -2.26. The van der Waals surface area contributed by atoms with Crippen molar-refractivity contribution in [1.29, 1.82) is 0 Å². The molecular formula is C36H38BrOP. The van der Waals surface area contributed by atoms with E-state index < -0.39 is 7.26 Å². The Bertz CT molecular complexity index is 1330. The highest BCUT2D eigenvalue weighted by Crippen LogP contribution is 2.55. The third-order valence-corrected chi connectivity index (χ3v) is 11.5. The molecule has 4 rings (SSSR count). The average molecular weight is 598 g/mol. The van der Waals surface area contributed by atoms with Crippen molar-refractivity contribution in [3.05, 3.63) is 150 Å². The monoisotopic (exact) mass is 596 g/mol. The van der Waals surface area contributed by atoms with E-state index in [4.69, 9.17) is 4.74 Å². The molecule has 3 heteroatoms. The van der Waals surface area contributed by atoms with Crippen LogP contribution < -0.4 is 37.6 Å². The average Bonchev–Trinajstić information content (AvgIpc) is 2.96. The van der Waals surface area contributed by atoms with Gasteiger partial charge in [0.1, 0.15) is 35.5 Å². The normalized spacial score (nSPS) is 11.7. The summed E-state index contributed by atoms with van der Waals surface area (Å²) in [7, 11) is -1.88. The molecule has 0 aliphatic carbocycles. The van der Waals surface area contributed by atoms with Gasteiger partial charge in [0.15, 0.2) is 0 Å². The molecule has 0 heterocycles. The van der Waals surface area contributed by atoms with E-state index in [0.717, 1.165) is 11.9 Å². The zero-order valence-corrected chi connectivity index (χ0v) is 25.9. The molecule has 0 saturated carbocycles. The summed E-state index contributed by atoms with van der Waals surface area (Å²) in [6.45, 7) is 13.0. The number of hydrogen-bond donors (Lipinski definition) is 0. The fourth-order valence-electron chi connectivity index (χ4n) is 4.99. The Balaban J connectivity index is 0.00000420. The van der Waals surface area contributed by atoms with Crippen LogP contribution in [-0.4, -0.2) is 12.8 Å². The molecule has 1 nitrogen and oxygen atoms in total. The van der Waals surface area contributed by atoms with Gasteiger partial charge in [-0.1, -0.05) is 85.0 Å². The van der Waals surface area contributed by atoms with Crippen LogP contribution in [0.2, 0.25) is 0 Å². The predicted octanol–water partition coefficient (Wildman–Crippen LogP) is 5.13. The quantitative estimate of drug-likeness (QED) is 0.140. The third-order valence-electron chi connectivity index (χ3n) is 7.26. The zero-order chi connectivity index (χ0) is 27.0. The molecule has 0 bridgehead atoms. The van der Waals surface area contributed by atoms with Crippen LogP contribution in [0.1, 0.15) is 29.2 Å². The molecule has 39 heavy (non-hydrogen) atoms. The molecule has 200 valence electrons. The van der Waals surface area contributed by atoms with Crippen molar-refractivity contribution in [3.63, 3.8) is 0 Å². The molecule has 0 amide bonds. The molecule has 4 aromatic carbocycles. The molecule has 0 radical (unpaired) electrons. The van der Waals surface area contributed by atoms with Crippen LogP contribution in [0.5, 0.6) is 5.75 Å². The van der Waals surface area contributed by atoms with Crippen LogP contribution in [0.3, 0.4) is 0 Å². The minimum absolute atomic E-state index is 0. The first-order valence-corrected chi connectivity index (χ1v) is 15.2. The van der Waals surface area contributed by atoms with Crippen LogP contribution in [0.4, 0.5) is 0 Å². The van der Waals surface area contributed by atoms with Crippen molar-refractivity contribution in [2.24, 2.45) is 0 Å². The van der Waals surface area contributed by atoms with Gasteiger partial charge in [-0.15, -0.1) is 0 Å². The molecule has 0 unspecified atom stereocenters. The van der Waals surface area contributed by atoms with Crippen molar-refractivity contribution in [3.8, 4) is 5.75 Å². The largest absolute Gasteiger partial charge is 1.00 e. The summed E-state index contributed by atoms with van der Waals surface area (Å²) in [5.74, 6) is 0.937. The number of rotatable bonds is 10. The number of hydrogen-bond acceptors (Lipinski definition) is 1. The summed E-state index contributed by atoms with van der Waals surface area (Å²) >= 11 is 0. The zero-order valence-electron chi connectivity index (χ0n) is 23.4. The molecule has 0 aliphatic heterocycles. The number of benzene rings is 4. The van der Waals surface area contributed by atoms with Crippen molar-refractivity contribution in [2.75, 3.05) is 12.8 Å². The van der Waals surface area contributed by atoms with Crippen LogP contribution in [-0.2, 0) is 0 Å². The van der Waals surface area contributed by atoms with Crippen molar-refractivity contribution in [2.45, 2.75) is 27.7 Å². The maximum absolute atomic E-state index is 5.88. The Labute approximate surface area is 246 Å². The van der Waals surface area contributed by atoms with Crippen LogP contribution in [0, 0.1) is 20.8 Å². The van der Waals surface area contributed by atoms with Gasteiger partial charge in [0.25, 0.3) is 0 Å². The van der Waals surface area contributed by atoms with E-state index in [1.165, 1.54) is 43.7 Å². The highest BCUT2D eigenvalue weighted by molar-refractivity contribution is 7.95. The summed E-state index contributed by atoms with van der Waals surface area (Å²) in [6.07, 6.45) is 9.70. The van der Waals surface area contributed by atoms with E-state index >= 15 is 0 Å². The molecule has 0 aromatic heterocycles. The van der Waals surface area contributed by atoms with Gasteiger partial charge >= 0.3 is 0 Å². The fourth-order valence-corrected chi connectivity index (χ4v) is 9.13. The van der Waals surface area contributed by atoms with E-state index in [2.05, 4.69) is 150 Å². The maximum Gasteiger partial charge on any atom is 0.123 e. The first-order valence-electron chi connectivity index (χ1n) is 13.2. The Morgan fingerprint density at radius 3 is 1.72 bits per heavy atom. The maximum atomic E-state index is 5.88. The van der Waals surface area contributed by atoms with Gasteiger partial charge in [-0.2, -0.15) is 0 Å². The second-order valence-corrected chi connectivity index (χ2v) is 13.3. The fraction of sp³-hybridized carbons (Fsp3) is 0.167. The Morgan fingerprint density at radius 2 is 1.26 bits per heavy atom. The molecule has 0 fully saturated rings. The molecule has 0 N–H and O–H groups in total. The summed E-state index contributed by atoms with van der Waals surface area (Å²) in [5.41, 5.74) is 6.18. The Morgan fingerprint density at radius 1 is 0.769 bits per heavy atom. The highest BCUT2D eigenvalue weighted by atomic mass is 79.9. The predicted molar refractivity (Wildman–Crippen MR) is 169 cm³/mol. The van der Waals surface area contributed by atoms with Crippen molar-refractivity contribution >= 4 is 29.3 Å². The first-order chi connectivity index (χ1) is 18.5. The second-order valence-electron chi connectivity index (χ2n) is 9.74. The molecule has 0 atom stereocenters. The van der Waals surface area contributed by atoms with Gasteiger partial charge in [0.2, 0.25) is 0 Å². The SMILES string of the molecule is C=CCOc1cc(C)c(C=CC(C)=CC[P+](c2ccccc2)(c2ccccc2)c2ccccc2)c(C)c1C.[Br-]. The molecule has 4 aromatic rings. The van der Waals surface area contributed by atoms with E-state index in [9.17, 15) is 0 Å². The van der Waals surface area contributed by atoms with Gasteiger partial charge < -0.3 is 21.7 Å². The lowest BCUT2D eigenvalue weighted by atomic mass is 9.96. The minimum Gasteiger partial charge on any atom is -1.00 e. The van der Waals surface area contributed by atoms with Crippen molar-refractivity contribution < 1.29 is 21.7 Å². The molecular weight excluding hydrogens is 559 g/mol. The minimum atomic E-state index is -1.88. The van der Waals surface area contributed by atoms with Crippen LogP contribution in [0.25, 0.3) is 6.08 Å². The topological polar surface area (TPSA) is 9.23 Å². The smallest absolute Gasteiger partial charge is 0.123 e. The van der Waals surface area contributed by atoms with Crippen LogP contribution >= 0.6 is 7.26 Å². The van der Waals surface area contributed by atoms with Gasteiger partial charge in [-0.3, -0.25) is 0 Å². The molecule has 0 spiro atoms. The summed E-state index contributed by atoms with van der Waals surface area (Å²) in [4.78, 5) is 0. The van der Waals surface area contributed by atoms with E-state index in [0.29, 0.717) is 6.61 Å². The molecule has 0 saturated heterocycles.